The Hall–Kier alpha value is -0.850. The predicted molar refractivity (Wildman–Crippen MR) is 60.3 cm³/mol. The first kappa shape index (κ1) is 11.2. The maximum atomic E-state index is 2.28. The van der Waals surface area contributed by atoms with E-state index in [2.05, 4.69) is 49.9 Å². The standard InChI is InChI=1S/C13H22N/c1-4-5-6-8-13-9-7-10-14(11-13)12(2)3/h7,9-12H,4-6,8H2,1-3H3/q+1. The fraction of sp³-hybridized carbons (Fsp3) is 0.615. The Kier molecular flexibility index (Phi) is 4.64. The molecule has 0 aliphatic carbocycles. The summed E-state index contributed by atoms with van der Waals surface area (Å²) in [4.78, 5) is 0. The highest BCUT2D eigenvalue weighted by molar-refractivity contribution is 5.05. The molecule has 0 N–H and O–H groups in total. The Morgan fingerprint density at radius 2 is 2.07 bits per heavy atom. The zero-order valence-electron chi connectivity index (χ0n) is 9.66. The van der Waals surface area contributed by atoms with Gasteiger partial charge in [-0.25, -0.2) is 4.57 Å². The van der Waals surface area contributed by atoms with Gasteiger partial charge >= 0.3 is 0 Å². The Morgan fingerprint density at radius 1 is 1.29 bits per heavy atom. The van der Waals surface area contributed by atoms with Crippen molar-refractivity contribution in [3.63, 3.8) is 0 Å². The van der Waals surface area contributed by atoms with E-state index >= 15 is 0 Å². The molecule has 0 unspecified atom stereocenters. The van der Waals surface area contributed by atoms with E-state index in [0.717, 1.165) is 0 Å². The Labute approximate surface area is 87.8 Å². The molecule has 0 aliphatic heterocycles. The van der Waals surface area contributed by atoms with E-state index in [1.807, 2.05) is 0 Å². The van der Waals surface area contributed by atoms with Crippen molar-refractivity contribution in [1.82, 2.24) is 0 Å². The van der Waals surface area contributed by atoms with Gasteiger partial charge in [0, 0.05) is 11.6 Å². The van der Waals surface area contributed by atoms with Crippen LogP contribution >= 0.6 is 0 Å². The summed E-state index contributed by atoms with van der Waals surface area (Å²) >= 11 is 0. The lowest BCUT2D eigenvalue weighted by Gasteiger charge is -2.02. The van der Waals surface area contributed by atoms with Crippen LogP contribution in [0.15, 0.2) is 24.5 Å². The van der Waals surface area contributed by atoms with Crippen LogP contribution in [0.5, 0.6) is 0 Å². The van der Waals surface area contributed by atoms with E-state index in [4.69, 9.17) is 0 Å². The molecular weight excluding hydrogens is 170 g/mol. The van der Waals surface area contributed by atoms with Gasteiger partial charge in [0.05, 0.1) is 0 Å². The highest BCUT2D eigenvalue weighted by Crippen LogP contribution is 2.04. The third kappa shape index (κ3) is 3.49. The highest BCUT2D eigenvalue weighted by Gasteiger charge is 2.05. The second-order valence-electron chi connectivity index (χ2n) is 4.21. The third-order valence-electron chi connectivity index (χ3n) is 2.55. The summed E-state index contributed by atoms with van der Waals surface area (Å²) in [7, 11) is 0. The number of aryl methyl sites for hydroxylation is 1. The second kappa shape index (κ2) is 5.79. The van der Waals surface area contributed by atoms with Crippen molar-refractivity contribution >= 4 is 0 Å². The maximum Gasteiger partial charge on any atom is 0.172 e. The van der Waals surface area contributed by atoms with Crippen molar-refractivity contribution in [2.75, 3.05) is 0 Å². The lowest BCUT2D eigenvalue weighted by atomic mass is 10.1. The fourth-order valence-corrected chi connectivity index (χ4v) is 1.59. The number of nitrogens with zero attached hydrogens (tertiary/aromatic N) is 1. The lowest BCUT2D eigenvalue weighted by Crippen LogP contribution is -2.35. The van der Waals surface area contributed by atoms with E-state index < -0.39 is 0 Å². The van der Waals surface area contributed by atoms with Gasteiger partial charge in [0.25, 0.3) is 0 Å². The second-order valence-corrected chi connectivity index (χ2v) is 4.21. The minimum absolute atomic E-state index is 0.570. The van der Waals surface area contributed by atoms with E-state index in [-0.39, 0.29) is 0 Å². The molecule has 0 amide bonds. The zero-order valence-corrected chi connectivity index (χ0v) is 9.66. The van der Waals surface area contributed by atoms with Gasteiger partial charge in [-0.3, -0.25) is 0 Å². The molecule has 0 saturated carbocycles. The Bertz CT molecular complexity index is 266. The van der Waals surface area contributed by atoms with E-state index in [9.17, 15) is 0 Å². The van der Waals surface area contributed by atoms with Crippen molar-refractivity contribution in [2.24, 2.45) is 0 Å². The minimum Gasteiger partial charge on any atom is -0.203 e. The molecule has 0 radical (unpaired) electrons. The van der Waals surface area contributed by atoms with Gasteiger partial charge < -0.3 is 0 Å². The molecule has 0 aromatic carbocycles. The summed E-state index contributed by atoms with van der Waals surface area (Å²) in [6.45, 7) is 6.69. The average molecular weight is 192 g/mol. The molecule has 0 saturated heterocycles. The van der Waals surface area contributed by atoms with Crippen LogP contribution in [-0.4, -0.2) is 0 Å². The molecule has 0 fully saturated rings. The Morgan fingerprint density at radius 3 is 2.71 bits per heavy atom. The molecule has 1 aromatic rings. The van der Waals surface area contributed by atoms with Crippen LogP contribution in [0.3, 0.4) is 0 Å². The third-order valence-corrected chi connectivity index (χ3v) is 2.55. The van der Waals surface area contributed by atoms with Crippen LogP contribution in [0.4, 0.5) is 0 Å². The van der Waals surface area contributed by atoms with Gasteiger partial charge in [-0.1, -0.05) is 19.8 Å². The van der Waals surface area contributed by atoms with E-state index in [1.54, 1.807) is 0 Å². The summed E-state index contributed by atoms with van der Waals surface area (Å²) < 4.78 is 2.28. The van der Waals surface area contributed by atoms with E-state index in [1.165, 1.54) is 31.2 Å². The average Bonchev–Trinajstić information content (AvgIpc) is 2.19. The monoisotopic (exact) mass is 192 g/mol. The first-order valence-electron chi connectivity index (χ1n) is 5.73. The number of hydrogen-bond acceptors (Lipinski definition) is 0. The molecule has 0 aliphatic rings. The zero-order chi connectivity index (χ0) is 10.4. The molecule has 14 heavy (non-hydrogen) atoms. The van der Waals surface area contributed by atoms with Crippen molar-refractivity contribution in [2.45, 2.75) is 52.5 Å². The normalized spacial score (nSPS) is 10.9. The summed E-state index contributed by atoms with van der Waals surface area (Å²) in [5.74, 6) is 0. The first-order valence-corrected chi connectivity index (χ1v) is 5.73. The smallest absolute Gasteiger partial charge is 0.172 e. The van der Waals surface area contributed by atoms with Gasteiger partial charge in [-0.05, 0) is 32.8 Å². The molecule has 78 valence electrons. The van der Waals surface area contributed by atoms with Crippen LogP contribution in [0, 0.1) is 0 Å². The number of aromatic nitrogens is 1. The van der Waals surface area contributed by atoms with Gasteiger partial charge in [0.15, 0.2) is 18.4 Å². The van der Waals surface area contributed by atoms with Gasteiger partial charge in [-0.2, -0.15) is 0 Å². The molecular formula is C13H22N+. The minimum atomic E-state index is 0.570. The summed E-state index contributed by atoms with van der Waals surface area (Å²) in [6, 6.07) is 4.96. The molecule has 1 aromatic heterocycles. The fourth-order valence-electron chi connectivity index (χ4n) is 1.59. The maximum absolute atomic E-state index is 2.28. The molecule has 0 atom stereocenters. The van der Waals surface area contributed by atoms with Gasteiger partial charge in [0.1, 0.15) is 0 Å². The molecule has 0 spiro atoms. The van der Waals surface area contributed by atoms with Crippen LogP contribution in [-0.2, 0) is 6.42 Å². The van der Waals surface area contributed by atoms with E-state index in [0.29, 0.717) is 6.04 Å². The topological polar surface area (TPSA) is 3.88 Å². The van der Waals surface area contributed by atoms with Crippen LogP contribution in [0.25, 0.3) is 0 Å². The van der Waals surface area contributed by atoms with Crippen LogP contribution in [0.1, 0.15) is 51.6 Å². The first-order chi connectivity index (χ1) is 6.74. The number of unbranched alkanes of at least 4 members (excludes halogenated alkanes) is 2. The summed E-state index contributed by atoms with van der Waals surface area (Å²) in [6.07, 6.45) is 9.61. The van der Waals surface area contributed by atoms with Crippen molar-refractivity contribution in [3.05, 3.63) is 30.1 Å². The molecule has 1 nitrogen and oxygen atoms in total. The molecule has 1 heterocycles. The van der Waals surface area contributed by atoms with Crippen LogP contribution in [0.2, 0.25) is 0 Å². The van der Waals surface area contributed by atoms with Crippen molar-refractivity contribution in [3.8, 4) is 0 Å². The number of rotatable bonds is 5. The summed E-state index contributed by atoms with van der Waals surface area (Å²) in [5, 5.41) is 0. The molecule has 1 heteroatoms. The lowest BCUT2D eigenvalue weighted by molar-refractivity contribution is -0.716. The van der Waals surface area contributed by atoms with Crippen molar-refractivity contribution < 1.29 is 4.57 Å². The number of hydrogen-bond donors (Lipinski definition) is 0. The van der Waals surface area contributed by atoms with Crippen LogP contribution < -0.4 is 4.57 Å². The molecule has 0 bridgehead atoms. The van der Waals surface area contributed by atoms with Crippen molar-refractivity contribution in [1.29, 1.82) is 0 Å². The Balaban J connectivity index is 2.55. The highest BCUT2D eigenvalue weighted by atomic mass is 15.0. The SMILES string of the molecule is CCCCCc1ccc[n+](C(C)C)c1. The number of pyridine rings is 1. The van der Waals surface area contributed by atoms with Gasteiger partial charge in [-0.15, -0.1) is 0 Å². The predicted octanol–water partition coefficient (Wildman–Crippen LogP) is 3.29. The van der Waals surface area contributed by atoms with Gasteiger partial charge in [0.2, 0.25) is 0 Å². The quantitative estimate of drug-likeness (QED) is 0.498. The largest absolute Gasteiger partial charge is 0.203 e. The summed E-state index contributed by atoms with van der Waals surface area (Å²) in [5.41, 5.74) is 1.47. The molecule has 1 rings (SSSR count).